The first-order chi connectivity index (χ1) is 11.6. The summed E-state index contributed by atoms with van der Waals surface area (Å²) in [5.41, 5.74) is 4.39. The molecule has 24 heavy (non-hydrogen) atoms. The van der Waals surface area contributed by atoms with Crippen LogP contribution in [0.2, 0.25) is 0 Å². The zero-order valence-corrected chi connectivity index (χ0v) is 14.9. The van der Waals surface area contributed by atoms with Crippen molar-refractivity contribution in [3.63, 3.8) is 0 Å². The van der Waals surface area contributed by atoms with Gasteiger partial charge in [0.15, 0.2) is 0 Å². The summed E-state index contributed by atoms with van der Waals surface area (Å²) in [5.74, 6) is 0.650. The van der Waals surface area contributed by atoms with Crippen LogP contribution in [-0.2, 0) is 11.3 Å². The largest absolute Gasteiger partial charge is 0.383 e. The summed E-state index contributed by atoms with van der Waals surface area (Å²) in [5, 5.41) is 5.88. The number of fused-ring (bicyclic) bond motifs is 1. The molecule has 5 nitrogen and oxygen atoms in total. The highest BCUT2D eigenvalue weighted by Crippen LogP contribution is 2.31. The first-order valence-electron chi connectivity index (χ1n) is 7.88. The predicted octanol–water partition coefficient (Wildman–Crippen LogP) is 3.00. The van der Waals surface area contributed by atoms with E-state index in [0.29, 0.717) is 24.4 Å². The third-order valence-electron chi connectivity index (χ3n) is 4.09. The number of methoxy groups -OCH3 is 1. The van der Waals surface area contributed by atoms with Crippen molar-refractivity contribution in [3.8, 4) is 11.1 Å². The average Bonchev–Trinajstić information content (AvgIpc) is 2.99. The van der Waals surface area contributed by atoms with Crippen LogP contribution in [0.5, 0.6) is 0 Å². The molecule has 126 valence electrons. The van der Waals surface area contributed by atoms with Gasteiger partial charge in [-0.3, -0.25) is 4.79 Å². The minimum Gasteiger partial charge on any atom is -0.383 e. The van der Waals surface area contributed by atoms with Crippen LogP contribution in [0.1, 0.15) is 17.0 Å². The van der Waals surface area contributed by atoms with Crippen molar-refractivity contribution in [1.82, 2.24) is 15.3 Å². The normalized spacial score (nSPS) is 11.3. The van der Waals surface area contributed by atoms with Crippen molar-refractivity contribution in [1.29, 1.82) is 0 Å². The number of aromatic nitrogens is 2. The quantitative estimate of drug-likeness (QED) is 0.675. The zero-order valence-electron chi connectivity index (χ0n) is 14.1. The van der Waals surface area contributed by atoms with Gasteiger partial charge in [0.05, 0.1) is 18.5 Å². The van der Waals surface area contributed by atoms with Crippen LogP contribution < -0.4 is 10.9 Å². The fourth-order valence-corrected chi connectivity index (χ4v) is 3.55. The SMILES string of the molecule is COCCNCc1nc2scc(-c3ccc(C)c(C)c3)c2c(=O)[nH]1. The zero-order chi connectivity index (χ0) is 17.1. The number of benzene rings is 1. The molecule has 0 aliphatic carbocycles. The standard InChI is InChI=1S/C18H21N3O2S/c1-11-4-5-13(8-12(11)2)14-10-24-18-16(14)17(22)20-15(21-18)9-19-6-7-23-3/h4-5,8,10,19H,6-7,9H2,1-3H3,(H,20,21,22). The van der Waals surface area contributed by atoms with Crippen molar-refractivity contribution >= 4 is 21.6 Å². The molecule has 0 unspecified atom stereocenters. The van der Waals surface area contributed by atoms with Gasteiger partial charge in [-0.2, -0.15) is 0 Å². The summed E-state index contributed by atoms with van der Waals surface area (Å²) in [6.07, 6.45) is 0. The molecule has 2 N–H and O–H groups in total. The number of aryl methyl sites for hydroxylation is 2. The molecule has 2 heterocycles. The van der Waals surface area contributed by atoms with E-state index in [-0.39, 0.29) is 5.56 Å². The van der Waals surface area contributed by atoms with Crippen molar-refractivity contribution in [3.05, 3.63) is 50.9 Å². The fourth-order valence-electron chi connectivity index (χ4n) is 2.58. The van der Waals surface area contributed by atoms with Gasteiger partial charge in [0.1, 0.15) is 10.7 Å². The number of hydrogen-bond donors (Lipinski definition) is 2. The molecule has 0 atom stereocenters. The molecule has 0 amide bonds. The van der Waals surface area contributed by atoms with E-state index in [1.807, 2.05) is 5.38 Å². The first-order valence-corrected chi connectivity index (χ1v) is 8.76. The van der Waals surface area contributed by atoms with Gasteiger partial charge >= 0.3 is 0 Å². The predicted molar refractivity (Wildman–Crippen MR) is 98.7 cm³/mol. The van der Waals surface area contributed by atoms with Gasteiger partial charge in [-0.05, 0) is 30.5 Å². The highest BCUT2D eigenvalue weighted by Gasteiger charge is 2.13. The Kier molecular flexibility index (Phi) is 5.08. The topological polar surface area (TPSA) is 67.0 Å². The molecule has 6 heteroatoms. The fraction of sp³-hybridized carbons (Fsp3) is 0.333. The van der Waals surface area contributed by atoms with Crippen molar-refractivity contribution in [2.45, 2.75) is 20.4 Å². The lowest BCUT2D eigenvalue weighted by Crippen LogP contribution is -2.22. The van der Waals surface area contributed by atoms with E-state index in [0.717, 1.165) is 22.5 Å². The number of H-pyrrole nitrogens is 1. The van der Waals surface area contributed by atoms with Gasteiger partial charge in [0.25, 0.3) is 5.56 Å². The number of nitrogens with zero attached hydrogens (tertiary/aromatic N) is 1. The maximum atomic E-state index is 12.6. The molecule has 3 aromatic rings. The second-order valence-electron chi connectivity index (χ2n) is 5.81. The molecule has 0 saturated carbocycles. The van der Waals surface area contributed by atoms with E-state index in [1.165, 1.54) is 22.5 Å². The Hall–Kier alpha value is -2.02. The minimum absolute atomic E-state index is 0.0852. The highest BCUT2D eigenvalue weighted by atomic mass is 32.1. The van der Waals surface area contributed by atoms with Crippen molar-refractivity contribution in [2.24, 2.45) is 0 Å². The molecule has 1 aromatic carbocycles. The van der Waals surface area contributed by atoms with Gasteiger partial charge in [0.2, 0.25) is 0 Å². The van der Waals surface area contributed by atoms with Crippen LogP contribution in [0.25, 0.3) is 21.3 Å². The lowest BCUT2D eigenvalue weighted by atomic mass is 10.0. The summed E-state index contributed by atoms with van der Waals surface area (Å²) in [6.45, 7) is 6.03. The molecule has 0 bridgehead atoms. The van der Waals surface area contributed by atoms with E-state index in [1.54, 1.807) is 7.11 Å². The molecular formula is C18H21N3O2S. The smallest absolute Gasteiger partial charge is 0.260 e. The monoisotopic (exact) mass is 343 g/mol. The number of hydrogen-bond acceptors (Lipinski definition) is 5. The van der Waals surface area contributed by atoms with Gasteiger partial charge in [-0.15, -0.1) is 11.3 Å². The molecule has 0 fully saturated rings. The first kappa shape index (κ1) is 16.8. The van der Waals surface area contributed by atoms with Crippen LogP contribution in [0.3, 0.4) is 0 Å². The minimum atomic E-state index is -0.0852. The van der Waals surface area contributed by atoms with E-state index < -0.39 is 0 Å². The number of rotatable bonds is 6. The Morgan fingerprint density at radius 2 is 2.12 bits per heavy atom. The summed E-state index contributed by atoms with van der Waals surface area (Å²) < 4.78 is 4.99. The number of thiophene rings is 1. The lowest BCUT2D eigenvalue weighted by molar-refractivity contribution is 0.199. The maximum absolute atomic E-state index is 12.6. The molecule has 3 rings (SSSR count). The van der Waals surface area contributed by atoms with Crippen LogP contribution in [0, 0.1) is 13.8 Å². The Morgan fingerprint density at radius 1 is 1.29 bits per heavy atom. The van der Waals surface area contributed by atoms with E-state index in [2.05, 4.69) is 47.3 Å². The lowest BCUT2D eigenvalue weighted by Gasteiger charge is -2.05. The van der Waals surface area contributed by atoms with E-state index in [4.69, 9.17) is 4.74 Å². The molecule has 0 saturated heterocycles. The average molecular weight is 343 g/mol. The summed E-state index contributed by atoms with van der Waals surface area (Å²) in [7, 11) is 1.66. The van der Waals surface area contributed by atoms with Gasteiger partial charge in [0, 0.05) is 24.6 Å². The van der Waals surface area contributed by atoms with Crippen LogP contribution in [0.4, 0.5) is 0 Å². The highest BCUT2D eigenvalue weighted by molar-refractivity contribution is 7.17. The van der Waals surface area contributed by atoms with Crippen molar-refractivity contribution < 1.29 is 4.74 Å². The summed E-state index contributed by atoms with van der Waals surface area (Å²) in [4.78, 5) is 20.8. The Labute approximate surface area is 144 Å². The number of ether oxygens (including phenoxy) is 1. The summed E-state index contributed by atoms with van der Waals surface area (Å²) >= 11 is 1.51. The third-order valence-corrected chi connectivity index (χ3v) is 4.96. The van der Waals surface area contributed by atoms with Gasteiger partial charge < -0.3 is 15.0 Å². The third kappa shape index (κ3) is 3.40. The molecule has 2 aromatic heterocycles. The van der Waals surface area contributed by atoms with Crippen LogP contribution in [0.15, 0.2) is 28.4 Å². The number of aromatic amines is 1. The van der Waals surface area contributed by atoms with Crippen molar-refractivity contribution in [2.75, 3.05) is 20.3 Å². The number of nitrogens with one attached hydrogen (secondary N) is 2. The molecule has 0 aliphatic rings. The Bertz CT molecular complexity index is 914. The second-order valence-corrected chi connectivity index (χ2v) is 6.67. The second kappa shape index (κ2) is 7.25. The molecule has 0 aliphatic heterocycles. The molecular weight excluding hydrogens is 322 g/mol. The Morgan fingerprint density at radius 3 is 2.88 bits per heavy atom. The maximum Gasteiger partial charge on any atom is 0.260 e. The molecule has 0 radical (unpaired) electrons. The molecule has 0 spiro atoms. The summed E-state index contributed by atoms with van der Waals surface area (Å²) in [6, 6.07) is 6.27. The Balaban J connectivity index is 1.95. The van der Waals surface area contributed by atoms with E-state index >= 15 is 0 Å². The van der Waals surface area contributed by atoms with Crippen LogP contribution in [-0.4, -0.2) is 30.2 Å². The van der Waals surface area contributed by atoms with Gasteiger partial charge in [-0.1, -0.05) is 18.2 Å². The van der Waals surface area contributed by atoms with Gasteiger partial charge in [-0.25, -0.2) is 4.98 Å². The van der Waals surface area contributed by atoms with Crippen LogP contribution >= 0.6 is 11.3 Å². The van der Waals surface area contributed by atoms with E-state index in [9.17, 15) is 4.79 Å².